The number of esters is 1. The number of nitrogens with zero attached hydrogens (tertiary/aromatic N) is 2. The minimum absolute atomic E-state index is 0.0272. The van der Waals surface area contributed by atoms with Crippen molar-refractivity contribution in [1.29, 1.82) is 0 Å². The van der Waals surface area contributed by atoms with Gasteiger partial charge in [0, 0.05) is 17.8 Å². The maximum Gasteiger partial charge on any atom is 0.385 e. The van der Waals surface area contributed by atoms with Gasteiger partial charge < -0.3 is 4.74 Å². The van der Waals surface area contributed by atoms with E-state index in [9.17, 15) is 24.5 Å². The van der Waals surface area contributed by atoms with E-state index in [0.29, 0.717) is 12.8 Å². The molecule has 2 atom stereocenters. The SMILES string of the molecule is CCCC[C@@](C(=O)OCC)([C@@H]1CC(=O)N(Cc2ccccc2)C1=O)[N+](=O)[O-]. The maximum atomic E-state index is 12.9. The zero-order chi connectivity index (χ0) is 20.0. The predicted molar refractivity (Wildman–Crippen MR) is 96.0 cm³/mol. The van der Waals surface area contributed by atoms with Crippen molar-refractivity contribution in [3.05, 3.63) is 46.0 Å². The number of ether oxygens (including phenoxy) is 1. The quantitative estimate of drug-likeness (QED) is 0.283. The number of hydrogen-bond donors (Lipinski definition) is 0. The fraction of sp³-hybridized carbons (Fsp3) is 0.526. The Hall–Kier alpha value is -2.77. The lowest BCUT2D eigenvalue weighted by Crippen LogP contribution is -2.55. The Morgan fingerprint density at radius 1 is 1.30 bits per heavy atom. The Morgan fingerprint density at radius 2 is 1.96 bits per heavy atom. The number of nitro groups is 1. The molecule has 0 radical (unpaired) electrons. The van der Waals surface area contributed by atoms with E-state index in [-0.39, 0.29) is 26.0 Å². The summed E-state index contributed by atoms with van der Waals surface area (Å²) in [6.07, 6.45) is 0.474. The number of amides is 2. The number of rotatable bonds is 9. The summed E-state index contributed by atoms with van der Waals surface area (Å²) >= 11 is 0. The molecule has 1 aromatic carbocycles. The second kappa shape index (κ2) is 8.75. The van der Waals surface area contributed by atoms with Gasteiger partial charge in [0.2, 0.25) is 11.8 Å². The monoisotopic (exact) mass is 376 g/mol. The molecule has 1 saturated heterocycles. The molecule has 0 spiro atoms. The Morgan fingerprint density at radius 3 is 2.52 bits per heavy atom. The molecule has 0 bridgehead atoms. The molecule has 1 aliphatic rings. The molecular formula is C19H24N2O6. The Kier molecular flexibility index (Phi) is 6.65. The molecule has 27 heavy (non-hydrogen) atoms. The smallest absolute Gasteiger partial charge is 0.385 e. The number of carbonyl (C=O) groups is 3. The van der Waals surface area contributed by atoms with Crippen LogP contribution in [0.25, 0.3) is 0 Å². The number of hydrogen-bond acceptors (Lipinski definition) is 6. The Labute approximate surface area is 157 Å². The highest BCUT2D eigenvalue weighted by atomic mass is 16.6. The number of likely N-dealkylation sites (tertiary alicyclic amines) is 1. The third-order valence-corrected chi connectivity index (χ3v) is 4.87. The molecule has 1 heterocycles. The van der Waals surface area contributed by atoms with Crippen molar-refractivity contribution in [2.24, 2.45) is 5.92 Å². The molecule has 0 N–H and O–H groups in total. The number of carbonyl (C=O) groups excluding carboxylic acids is 3. The summed E-state index contributed by atoms with van der Waals surface area (Å²) in [7, 11) is 0. The topological polar surface area (TPSA) is 107 Å². The molecule has 0 aliphatic carbocycles. The largest absolute Gasteiger partial charge is 0.461 e. The summed E-state index contributed by atoms with van der Waals surface area (Å²) in [5, 5.41) is 12.0. The average molecular weight is 376 g/mol. The van der Waals surface area contributed by atoms with Gasteiger partial charge in [-0.3, -0.25) is 24.6 Å². The van der Waals surface area contributed by atoms with Crippen LogP contribution in [0, 0.1) is 16.0 Å². The lowest BCUT2D eigenvalue weighted by atomic mass is 9.79. The van der Waals surface area contributed by atoms with E-state index in [0.717, 1.165) is 10.5 Å². The highest BCUT2D eigenvalue weighted by Gasteiger charge is 2.65. The van der Waals surface area contributed by atoms with Crippen LogP contribution >= 0.6 is 0 Å². The van der Waals surface area contributed by atoms with Crippen LogP contribution in [0.1, 0.15) is 45.1 Å². The fourth-order valence-electron chi connectivity index (χ4n) is 3.40. The third kappa shape index (κ3) is 3.99. The third-order valence-electron chi connectivity index (χ3n) is 4.87. The summed E-state index contributed by atoms with van der Waals surface area (Å²) in [5.41, 5.74) is -1.50. The van der Waals surface area contributed by atoms with E-state index >= 15 is 0 Å². The van der Waals surface area contributed by atoms with Crippen LogP contribution in [0.2, 0.25) is 0 Å². The summed E-state index contributed by atoms with van der Waals surface area (Å²) in [6, 6.07) is 8.88. The zero-order valence-electron chi connectivity index (χ0n) is 15.6. The van der Waals surface area contributed by atoms with Gasteiger partial charge in [-0.2, -0.15) is 0 Å². The molecule has 1 aromatic rings. The Balaban J connectivity index is 2.37. The lowest BCUT2D eigenvalue weighted by Gasteiger charge is -2.27. The molecule has 0 unspecified atom stereocenters. The fourth-order valence-corrected chi connectivity index (χ4v) is 3.40. The van der Waals surface area contributed by atoms with Crippen molar-refractivity contribution in [1.82, 2.24) is 4.90 Å². The van der Waals surface area contributed by atoms with Crippen molar-refractivity contribution in [2.75, 3.05) is 6.61 Å². The maximum absolute atomic E-state index is 12.9. The Bertz CT molecular complexity index is 720. The molecular weight excluding hydrogens is 352 g/mol. The summed E-state index contributed by atoms with van der Waals surface area (Å²) in [6.45, 7) is 3.37. The molecule has 0 aromatic heterocycles. The summed E-state index contributed by atoms with van der Waals surface area (Å²) < 4.78 is 4.95. The second-order valence-electron chi connectivity index (χ2n) is 6.57. The first-order valence-corrected chi connectivity index (χ1v) is 9.08. The first-order valence-electron chi connectivity index (χ1n) is 9.08. The van der Waals surface area contributed by atoms with E-state index in [1.54, 1.807) is 31.2 Å². The van der Waals surface area contributed by atoms with Crippen molar-refractivity contribution < 1.29 is 24.0 Å². The second-order valence-corrected chi connectivity index (χ2v) is 6.57. The lowest BCUT2D eigenvalue weighted by molar-refractivity contribution is -0.564. The van der Waals surface area contributed by atoms with Gasteiger partial charge in [0.05, 0.1) is 13.2 Å². The van der Waals surface area contributed by atoms with Gasteiger partial charge in [0.15, 0.2) is 0 Å². The highest BCUT2D eigenvalue weighted by Crippen LogP contribution is 2.37. The van der Waals surface area contributed by atoms with E-state index < -0.39 is 34.2 Å². The zero-order valence-corrected chi connectivity index (χ0v) is 15.6. The van der Waals surface area contributed by atoms with Gasteiger partial charge in [-0.15, -0.1) is 0 Å². The first kappa shape index (κ1) is 20.5. The van der Waals surface area contributed by atoms with Gasteiger partial charge in [-0.1, -0.05) is 43.7 Å². The highest BCUT2D eigenvalue weighted by molar-refractivity contribution is 6.06. The van der Waals surface area contributed by atoms with E-state index in [2.05, 4.69) is 0 Å². The van der Waals surface area contributed by atoms with Crippen LogP contribution in [-0.2, 0) is 25.7 Å². The molecule has 0 saturated carbocycles. The molecule has 1 fully saturated rings. The average Bonchev–Trinajstić information content (AvgIpc) is 2.92. The molecule has 146 valence electrons. The molecule has 8 heteroatoms. The van der Waals surface area contributed by atoms with E-state index in [1.807, 2.05) is 13.0 Å². The minimum Gasteiger partial charge on any atom is -0.461 e. The molecule has 2 amide bonds. The van der Waals surface area contributed by atoms with Crippen LogP contribution in [0.15, 0.2) is 30.3 Å². The summed E-state index contributed by atoms with van der Waals surface area (Å²) in [5.74, 6) is -3.60. The van der Waals surface area contributed by atoms with Crippen LogP contribution in [-0.4, -0.2) is 39.8 Å². The number of unbranched alkanes of at least 4 members (excludes halogenated alkanes) is 1. The van der Waals surface area contributed by atoms with Crippen LogP contribution in [0.4, 0.5) is 0 Å². The number of benzene rings is 1. The van der Waals surface area contributed by atoms with Crippen molar-refractivity contribution in [3.8, 4) is 0 Å². The van der Waals surface area contributed by atoms with Gasteiger partial charge in [-0.25, -0.2) is 4.79 Å². The molecule has 1 aliphatic heterocycles. The minimum atomic E-state index is -2.23. The van der Waals surface area contributed by atoms with E-state index in [1.165, 1.54) is 0 Å². The molecule has 8 nitrogen and oxygen atoms in total. The first-order chi connectivity index (χ1) is 12.9. The van der Waals surface area contributed by atoms with Gasteiger partial charge in [0.1, 0.15) is 5.92 Å². The van der Waals surface area contributed by atoms with Crippen molar-refractivity contribution in [3.63, 3.8) is 0 Å². The standard InChI is InChI=1S/C19H24N2O6/c1-3-5-11-19(21(25)26,18(24)27-4-2)15-12-16(22)20(17(15)23)13-14-9-7-6-8-10-14/h6-10,15H,3-5,11-13H2,1-2H3/t15-,19+/m1/s1. The van der Waals surface area contributed by atoms with Crippen LogP contribution < -0.4 is 0 Å². The van der Waals surface area contributed by atoms with Crippen molar-refractivity contribution >= 4 is 17.8 Å². The number of imide groups is 1. The van der Waals surface area contributed by atoms with Gasteiger partial charge in [0.25, 0.3) is 0 Å². The van der Waals surface area contributed by atoms with Crippen LogP contribution in [0.5, 0.6) is 0 Å². The van der Waals surface area contributed by atoms with Gasteiger partial charge in [-0.05, 0) is 18.9 Å². The normalized spacial score (nSPS) is 19.0. The van der Waals surface area contributed by atoms with Crippen molar-refractivity contribution in [2.45, 2.75) is 51.6 Å². The predicted octanol–water partition coefficient (Wildman–Crippen LogP) is 2.33. The van der Waals surface area contributed by atoms with Crippen LogP contribution in [0.3, 0.4) is 0 Å². The molecule has 2 rings (SSSR count). The van der Waals surface area contributed by atoms with Gasteiger partial charge >= 0.3 is 11.5 Å². The summed E-state index contributed by atoms with van der Waals surface area (Å²) in [4.78, 5) is 50.2. The van der Waals surface area contributed by atoms with E-state index in [4.69, 9.17) is 4.74 Å².